The van der Waals surface area contributed by atoms with Gasteiger partial charge in [0.05, 0.1) is 5.54 Å². The van der Waals surface area contributed by atoms with Crippen LogP contribution in [0.25, 0.3) is 0 Å². The first kappa shape index (κ1) is 9.87. The fourth-order valence-corrected chi connectivity index (χ4v) is 2.74. The van der Waals surface area contributed by atoms with Gasteiger partial charge in [0.15, 0.2) is 5.78 Å². The van der Waals surface area contributed by atoms with Crippen molar-refractivity contribution < 1.29 is 4.79 Å². The number of ketones is 1. The molecule has 2 N–H and O–H groups in total. The van der Waals surface area contributed by atoms with Crippen LogP contribution in [0.4, 0.5) is 0 Å². The maximum Gasteiger partial charge on any atom is 0.157 e. The fraction of sp³-hybridized carbons (Fsp3) is 0.545. The summed E-state index contributed by atoms with van der Waals surface area (Å²) in [7, 11) is 0. The van der Waals surface area contributed by atoms with Crippen LogP contribution in [0.2, 0.25) is 0 Å². The lowest BCUT2D eigenvalue weighted by molar-refractivity contribution is -0.123. The Bertz CT molecular complexity index is 312. The van der Waals surface area contributed by atoms with E-state index >= 15 is 0 Å². The van der Waals surface area contributed by atoms with Gasteiger partial charge in [-0.05, 0) is 24.3 Å². The first-order valence-electron chi connectivity index (χ1n) is 5.05. The van der Waals surface area contributed by atoms with Crippen LogP contribution in [0.3, 0.4) is 0 Å². The van der Waals surface area contributed by atoms with Crippen LogP contribution in [0.15, 0.2) is 17.5 Å². The normalized spacial score (nSPS) is 19.8. The molecule has 1 aliphatic rings. The van der Waals surface area contributed by atoms with Crippen LogP contribution in [-0.4, -0.2) is 11.3 Å². The molecule has 0 spiro atoms. The molecule has 76 valence electrons. The minimum atomic E-state index is -0.510. The molecule has 1 aliphatic carbocycles. The van der Waals surface area contributed by atoms with Crippen molar-refractivity contribution in [2.75, 3.05) is 0 Å². The second-order valence-corrected chi connectivity index (χ2v) is 5.07. The molecule has 1 aromatic heterocycles. The molecule has 1 saturated carbocycles. The highest BCUT2D eigenvalue weighted by atomic mass is 32.1. The van der Waals surface area contributed by atoms with Crippen LogP contribution < -0.4 is 5.73 Å². The molecule has 14 heavy (non-hydrogen) atoms. The van der Waals surface area contributed by atoms with Crippen molar-refractivity contribution in [2.45, 2.75) is 37.6 Å². The molecule has 1 heterocycles. The van der Waals surface area contributed by atoms with Gasteiger partial charge in [-0.25, -0.2) is 0 Å². The van der Waals surface area contributed by atoms with E-state index in [2.05, 4.69) is 0 Å². The second-order valence-electron chi connectivity index (χ2n) is 4.04. The van der Waals surface area contributed by atoms with Crippen LogP contribution in [0, 0.1) is 0 Å². The molecule has 0 unspecified atom stereocenters. The Morgan fingerprint density at radius 2 is 2.21 bits per heavy atom. The van der Waals surface area contributed by atoms with Crippen molar-refractivity contribution in [2.24, 2.45) is 5.73 Å². The minimum Gasteiger partial charge on any atom is -0.319 e. The summed E-state index contributed by atoms with van der Waals surface area (Å²) in [6, 6.07) is 3.98. The van der Waals surface area contributed by atoms with E-state index in [1.807, 2.05) is 17.5 Å². The van der Waals surface area contributed by atoms with E-state index in [0.717, 1.165) is 30.6 Å². The zero-order valence-corrected chi connectivity index (χ0v) is 8.98. The molecule has 1 fully saturated rings. The third kappa shape index (κ3) is 1.88. The fourth-order valence-electron chi connectivity index (χ4n) is 2.03. The molecular formula is C11H15NOS. The van der Waals surface area contributed by atoms with Crippen molar-refractivity contribution in [3.8, 4) is 0 Å². The Morgan fingerprint density at radius 1 is 1.50 bits per heavy atom. The summed E-state index contributed by atoms with van der Waals surface area (Å²) in [5.74, 6) is 0.220. The molecule has 2 nitrogen and oxygen atoms in total. The number of hydrogen-bond acceptors (Lipinski definition) is 3. The minimum absolute atomic E-state index is 0.220. The summed E-state index contributed by atoms with van der Waals surface area (Å²) in [5, 5.41) is 2.00. The average Bonchev–Trinajstić information content (AvgIpc) is 2.76. The van der Waals surface area contributed by atoms with Gasteiger partial charge in [0.25, 0.3) is 0 Å². The van der Waals surface area contributed by atoms with E-state index in [9.17, 15) is 4.79 Å². The highest BCUT2D eigenvalue weighted by Gasteiger charge is 2.36. The maximum absolute atomic E-state index is 11.9. The Balaban J connectivity index is 2.02. The van der Waals surface area contributed by atoms with E-state index in [1.54, 1.807) is 11.3 Å². The Labute approximate surface area is 88.1 Å². The predicted octanol–water partition coefficient (Wildman–Crippen LogP) is 2.13. The third-order valence-electron chi connectivity index (χ3n) is 2.97. The molecule has 0 bridgehead atoms. The van der Waals surface area contributed by atoms with Gasteiger partial charge in [-0.1, -0.05) is 18.9 Å². The highest BCUT2D eigenvalue weighted by Crippen LogP contribution is 2.29. The number of Topliss-reactive ketones (excluding diaryl/α,β-unsaturated/α-hetero) is 1. The van der Waals surface area contributed by atoms with Gasteiger partial charge < -0.3 is 5.73 Å². The third-order valence-corrected chi connectivity index (χ3v) is 3.84. The van der Waals surface area contributed by atoms with Gasteiger partial charge in [0.1, 0.15) is 0 Å². The topological polar surface area (TPSA) is 43.1 Å². The summed E-state index contributed by atoms with van der Waals surface area (Å²) in [5.41, 5.74) is 5.56. The van der Waals surface area contributed by atoms with Crippen molar-refractivity contribution in [1.29, 1.82) is 0 Å². The van der Waals surface area contributed by atoms with Crippen molar-refractivity contribution in [3.05, 3.63) is 22.4 Å². The summed E-state index contributed by atoms with van der Waals surface area (Å²) < 4.78 is 0. The molecule has 0 saturated heterocycles. The van der Waals surface area contributed by atoms with Gasteiger partial charge >= 0.3 is 0 Å². The average molecular weight is 209 g/mol. The summed E-state index contributed by atoms with van der Waals surface area (Å²) in [4.78, 5) is 13.0. The van der Waals surface area contributed by atoms with E-state index < -0.39 is 5.54 Å². The number of carbonyl (C=O) groups is 1. The second kappa shape index (κ2) is 3.83. The summed E-state index contributed by atoms with van der Waals surface area (Å²) >= 11 is 1.63. The molecule has 2 rings (SSSR count). The molecular weight excluding hydrogens is 194 g/mol. The lowest BCUT2D eigenvalue weighted by atomic mass is 9.91. The van der Waals surface area contributed by atoms with Crippen LogP contribution >= 0.6 is 11.3 Å². The van der Waals surface area contributed by atoms with Gasteiger partial charge in [-0.2, -0.15) is 0 Å². The Hall–Kier alpha value is -0.670. The largest absolute Gasteiger partial charge is 0.319 e. The van der Waals surface area contributed by atoms with E-state index in [-0.39, 0.29) is 5.78 Å². The molecule has 0 radical (unpaired) electrons. The monoisotopic (exact) mass is 209 g/mol. The molecule has 0 aromatic carbocycles. The van der Waals surface area contributed by atoms with Crippen LogP contribution in [0.1, 0.15) is 30.6 Å². The van der Waals surface area contributed by atoms with Gasteiger partial charge in [0.2, 0.25) is 0 Å². The number of thiophene rings is 1. The lowest BCUT2D eigenvalue weighted by Gasteiger charge is -2.21. The van der Waals surface area contributed by atoms with Gasteiger partial charge in [0, 0.05) is 11.3 Å². The number of nitrogens with two attached hydrogens (primary N) is 1. The Kier molecular flexibility index (Phi) is 2.70. The molecule has 3 heteroatoms. The van der Waals surface area contributed by atoms with Crippen LogP contribution in [0.5, 0.6) is 0 Å². The molecule has 0 amide bonds. The van der Waals surface area contributed by atoms with E-state index in [1.165, 1.54) is 0 Å². The van der Waals surface area contributed by atoms with Gasteiger partial charge in [-0.3, -0.25) is 4.79 Å². The maximum atomic E-state index is 11.9. The SMILES string of the molecule is NC1(C(=O)Cc2cccs2)CCCC1. The molecule has 0 atom stereocenters. The number of carbonyl (C=O) groups excluding carboxylic acids is 1. The summed E-state index contributed by atoms with van der Waals surface area (Å²) in [6.45, 7) is 0. The molecule has 0 aliphatic heterocycles. The summed E-state index contributed by atoms with van der Waals surface area (Å²) in [6.07, 6.45) is 4.47. The Morgan fingerprint density at radius 3 is 2.79 bits per heavy atom. The van der Waals surface area contributed by atoms with Crippen molar-refractivity contribution >= 4 is 17.1 Å². The van der Waals surface area contributed by atoms with E-state index in [0.29, 0.717) is 6.42 Å². The van der Waals surface area contributed by atoms with E-state index in [4.69, 9.17) is 5.73 Å². The molecule has 1 aromatic rings. The predicted molar refractivity (Wildman–Crippen MR) is 58.4 cm³/mol. The lowest BCUT2D eigenvalue weighted by Crippen LogP contribution is -2.45. The number of hydrogen-bond donors (Lipinski definition) is 1. The standard InChI is InChI=1S/C11H15NOS/c12-11(5-1-2-6-11)10(13)8-9-4-3-7-14-9/h3-4,7H,1-2,5-6,8,12H2. The van der Waals surface area contributed by atoms with Crippen molar-refractivity contribution in [1.82, 2.24) is 0 Å². The van der Waals surface area contributed by atoms with Gasteiger partial charge in [-0.15, -0.1) is 11.3 Å². The zero-order valence-electron chi connectivity index (χ0n) is 8.16. The smallest absolute Gasteiger partial charge is 0.157 e. The van der Waals surface area contributed by atoms with Crippen LogP contribution in [-0.2, 0) is 11.2 Å². The quantitative estimate of drug-likeness (QED) is 0.828. The first-order chi connectivity index (χ1) is 6.71. The number of rotatable bonds is 3. The van der Waals surface area contributed by atoms with Crippen molar-refractivity contribution in [3.63, 3.8) is 0 Å². The zero-order chi connectivity index (χ0) is 10.0. The highest BCUT2D eigenvalue weighted by molar-refractivity contribution is 7.10. The first-order valence-corrected chi connectivity index (χ1v) is 5.93.